The highest BCUT2D eigenvalue weighted by atomic mass is 15.1. The van der Waals surface area contributed by atoms with Gasteiger partial charge in [-0.05, 0) is 12.5 Å². The molecule has 1 fully saturated rings. The van der Waals surface area contributed by atoms with Crippen molar-refractivity contribution in [1.29, 1.82) is 0 Å². The summed E-state index contributed by atoms with van der Waals surface area (Å²) in [5, 5.41) is 6.74. The molecule has 2 rings (SSSR count). The first-order valence-electron chi connectivity index (χ1n) is 3.13. The van der Waals surface area contributed by atoms with Crippen molar-refractivity contribution >= 4 is 0 Å². The Morgan fingerprint density at radius 2 is 2.56 bits per heavy atom. The van der Waals surface area contributed by atoms with E-state index in [2.05, 4.69) is 10.2 Å². The zero-order valence-corrected chi connectivity index (χ0v) is 5.04. The van der Waals surface area contributed by atoms with Crippen molar-refractivity contribution in [1.82, 2.24) is 10.2 Å². The molecule has 1 heterocycles. The maximum absolute atomic E-state index is 5.61. The number of nitrogens with one attached hydrogen (secondary N) is 1. The largest absolute Gasteiger partial charge is 0.327 e. The van der Waals surface area contributed by atoms with Gasteiger partial charge in [0, 0.05) is 23.9 Å². The van der Waals surface area contributed by atoms with Gasteiger partial charge in [0.15, 0.2) is 0 Å². The van der Waals surface area contributed by atoms with Crippen molar-refractivity contribution in [3.05, 3.63) is 18.0 Å². The lowest BCUT2D eigenvalue weighted by Crippen LogP contribution is -2.00. The fourth-order valence-electron chi connectivity index (χ4n) is 1.05. The van der Waals surface area contributed by atoms with Crippen LogP contribution in [0.5, 0.6) is 0 Å². The van der Waals surface area contributed by atoms with Crippen LogP contribution in [0.25, 0.3) is 0 Å². The molecule has 0 radical (unpaired) electrons. The number of nitrogens with two attached hydrogens (primary N) is 1. The van der Waals surface area contributed by atoms with Gasteiger partial charge in [0.05, 0.1) is 0 Å². The minimum atomic E-state index is 0.380. The van der Waals surface area contributed by atoms with Crippen LogP contribution in [0.3, 0.4) is 0 Å². The van der Waals surface area contributed by atoms with Gasteiger partial charge in [0.1, 0.15) is 0 Å². The van der Waals surface area contributed by atoms with Crippen LogP contribution in [0.1, 0.15) is 18.0 Å². The number of nitrogens with zero attached hydrogens (tertiary/aromatic N) is 1. The molecule has 1 saturated carbocycles. The molecule has 1 aromatic heterocycles. The van der Waals surface area contributed by atoms with E-state index in [1.54, 1.807) is 6.20 Å². The van der Waals surface area contributed by atoms with Gasteiger partial charge in [0.2, 0.25) is 0 Å². The van der Waals surface area contributed by atoms with Crippen LogP contribution in [0.4, 0.5) is 0 Å². The summed E-state index contributed by atoms with van der Waals surface area (Å²) in [7, 11) is 0. The Balaban J connectivity index is 2.18. The minimum absolute atomic E-state index is 0.380. The van der Waals surface area contributed by atoms with E-state index in [1.165, 1.54) is 5.69 Å². The van der Waals surface area contributed by atoms with Crippen LogP contribution >= 0.6 is 0 Å². The Hall–Kier alpha value is -0.830. The van der Waals surface area contributed by atoms with E-state index < -0.39 is 0 Å². The molecule has 48 valence electrons. The van der Waals surface area contributed by atoms with Crippen LogP contribution in [0, 0.1) is 0 Å². The van der Waals surface area contributed by atoms with Gasteiger partial charge in [-0.2, -0.15) is 5.10 Å². The predicted molar refractivity (Wildman–Crippen MR) is 33.9 cm³/mol. The molecule has 0 aliphatic heterocycles. The zero-order chi connectivity index (χ0) is 6.27. The van der Waals surface area contributed by atoms with Crippen molar-refractivity contribution in [3.63, 3.8) is 0 Å². The summed E-state index contributed by atoms with van der Waals surface area (Å²) < 4.78 is 0. The van der Waals surface area contributed by atoms with E-state index >= 15 is 0 Å². The predicted octanol–water partition coefficient (Wildman–Crippen LogP) is 0.224. The molecule has 2 unspecified atom stereocenters. The third-order valence-electron chi connectivity index (χ3n) is 1.76. The highest BCUT2D eigenvalue weighted by Gasteiger charge is 2.35. The summed E-state index contributed by atoms with van der Waals surface area (Å²) >= 11 is 0. The molecule has 9 heavy (non-hydrogen) atoms. The van der Waals surface area contributed by atoms with Gasteiger partial charge in [-0.1, -0.05) is 0 Å². The minimum Gasteiger partial charge on any atom is -0.327 e. The van der Waals surface area contributed by atoms with Gasteiger partial charge in [0.25, 0.3) is 0 Å². The lowest BCUT2D eigenvalue weighted by Gasteiger charge is -1.86. The summed E-state index contributed by atoms with van der Waals surface area (Å²) in [6.45, 7) is 0. The average molecular weight is 123 g/mol. The highest BCUT2D eigenvalue weighted by molar-refractivity contribution is 5.17. The Morgan fingerprint density at radius 1 is 1.78 bits per heavy atom. The van der Waals surface area contributed by atoms with Crippen LogP contribution in [-0.4, -0.2) is 16.2 Å². The van der Waals surface area contributed by atoms with Gasteiger partial charge in [-0.25, -0.2) is 0 Å². The van der Waals surface area contributed by atoms with Crippen LogP contribution in [0.2, 0.25) is 0 Å². The molecule has 3 heteroatoms. The number of hydrogen-bond donors (Lipinski definition) is 2. The zero-order valence-electron chi connectivity index (χ0n) is 5.04. The maximum atomic E-state index is 5.61. The average Bonchev–Trinajstić information content (AvgIpc) is 2.44. The molecular formula is C6H9N3. The van der Waals surface area contributed by atoms with E-state index in [1.807, 2.05) is 6.07 Å². The van der Waals surface area contributed by atoms with Crippen molar-refractivity contribution in [2.75, 3.05) is 0 Å². The summed E-state index contributed by atoms with van der Waals surface area (Å²) in [5.41, 5.74) is 6.79. The quantitative estimate of drug-likeness (QED) is 0.561. The first-order valence-corrected chi connectivity index (χ1v) is 3.13. The Labute approximate surface area is 53.3 Å². The van der Waals surface area contributed by atoms with Crippen molar-refractivity contribution < 1.29 is 0 Å². The normalized spacial score (nSPS) is 32.6. The van der Waals surface area contributed by atoms with Crippen LogP contribution in [-0.2, 0) is 0 Å². The molecule has 3 N–H and O–H groups in total. The fraction of sp³-hybridized carbons (Fsp3) is 0.500. The molecule has 0 bridgehead atoms. The molecule has 0 saturated heterocycles. The SMILES string of the molecule is NC1CC1c1ccn[nH]1. The third kappa shape index (κ3) is 0.733. The number of hydrogen-bond acceptors (Lipinski definition) is 2. The van der Waals surface area contributed by atoms with Gasteiger partial charge < -0.3 is 5.73 Å². The first kappa shape index (κ1) is 4.99. The molecule has 0 aromatic carbocycles. The second kappa shape index (κ2) is 1.57. The van der Waals surface area contributed by atoms with Gasteiger partial charge in [-0.3, -0.25) is 5.10 Å². The van der Waals surface area contributed by atoms with Crippen LogP contribution in [0.15, 0.2) is 12.3 Å². The summed E-state index contributed by atoms with van der Waals surface area (Å²) in [6.07, 6.45) is 2.88. The molecule has 3 nitrogen and oxygen atoms in total. The van der Waals surface area contributed by atoms with E-state index in [-0.39, 0.29) is 0 Å². The highest BCUT2D eigenvalue weighted by Crippen LogP contribution is 2.37. The van der Waals surface area contributed by atoms with Crippen LogP contribution < -0.4 is 5.73 Å². The molecular weight excluding hydrogens is 114 g/mol. The summed E-state index contributed by atoms with van der Waals surface area (Å²) in [5.74, 6) is 0.562. The molecule has 1 aliphatic carbocycles. The second-order valence-electron chi connectivity index (χ2n) is 2.52. The van der Waals surface area contributed by atoms with E-state index in [9.17, 15) is 0 Å². The Bertz CT molecular complexity index is 192. The third-order valence-corrected chi connectivity index (χ3v) is 1.76. The maximum Gasteiger partial charge on any atom is 0.0490 e. The van der Waals surface area contributed by atoms with E-state index in [0.29, 0.717) is 12.0 Å². The van der Waals surface area contributed by atoms with E-state index in [4.69, 9.17) is 5.73 Å². The van der Waals surface area contributed by atoms with Crippen molar-refractivity contribution in [3.8, 4) is 0 Å². The number of H-pyrrole nitrogens is 1. The second-order valence-corrected chi connectivity index (χ2v) is 2.52. The number of aromatic amines is 1. The summed E-state index contributed by atoms with van der Waals surface area (Å²) in [6, 6.07) is 2.36. The molecule has 0 amide bonds. The smallest absolute Gasteiger partial charge is 0.0490 e. The fourth-order valence-corrected chi connectivity index (χ4v) is 1.05. The Kier molecular flexibility index (Phi) is 0.873. The Morgan fingerprint density at radius 3 is 3.00 bits per heavy atom. The van der Waals surface area contributed by atoms with Crippen molar-refractivity contribution in [2.24, 2.45) is 5.73 Å². The summed E-state index contributed by atoms with van der Waals surface area (Å²) in [4.78, 5) is 0. The topological polar surface area (TPSA) is 54.7 Å². The molecule has 2 atom stereocenters. The standard InChI is InChI=1S/C6H9N3/c7-5-3-4(5)6-1-2-8-9-6/h1-2,4-5H,3,7H2,(H,8,9). The molecule has 0 spiro atoms. The molecule has 1 aliphatic rings. The van der Waals surface area contributed by atoms with Gasteiger partial charge in [-0.15, -0.1) is 0 Å². The first-order chi connectivity index (χ1) is 4.38. The van der Waals surface area contributed by atoms with E-state index in [0.717, 1.165) is 6.42 Å². The monoisotopic (exact) mass is 123 g/mol. The number of aromatic nitrogens is 2. The lowest BCUT2D eigenvalue weighted by molar-refractivity contribution is 0.919. The number of rotatable bonds is 1. The lowest BCUT2D eigenvalue weighted by atomic mass is 10.3. The van der Waals surface area contributed by atoms with Crippen molar-refractivity contribution in [2.45, 2.75) is 18.4 Å². The molecule has 1 aromatic rings. The van der Waals surface area contributed by atoms with Gasteiger partial charge >= 0.3 is 0 Å².